The SMILES string of the molecule is O=C(O)CN(C(=O)Nc1c(Br)cccc1Br)C1CC1. The number of para-hydroxylation sites is 1. The molecule has 1 aromatic carbocycles. The van der Waals surface area contributed by atoms with E-state index in [0.717, 1.165) is 21.8 Å². The van der Waals surface area contributed by atoms with E-state index in [9.17, 15) is 9.59 Å². The van der Waals surface area contributed by atoms with Crippen LogP contribution in [0.15, 0.2) is 27.1 Å². The monoisotopic (exact) mass is 390 g/mol. The van der Waals surface area contributed by atoms with Crippen molar-refractivity contribution in [3.05, 3.63) is 27.1 Å². The first kappa shape index (κ1) is 14.3. The van der Waals surface area contributed by atoms with Gasteiger partial charge < -0.3 is 15.3 Å². The van der Waals surface area contributed by atoms with Gasteiger partial charge in [-0.1, -0.05) is 6.07 Å². The fourth-order valence-electron chi connectivity index (χ4n) is 1.69. The van der Waals surface area contributed by atoms with E-state index in [1.165, 1.54) is 4.90 Å². The fraction of sp³-hybridized carbons (Fsp3) is 0.333. The molecule has 0 atom stereocenters. The minimum absolute atomic E-state index is 0.0392. The van der Waals surface area contributed by atoms with Crippen LogP contribution in [0.3, 0.4) is 0 Å². The molecule has 2 rings (SSSR count). The van der Waals surface area contributed by atoms with E-state index < -0.39 is 12.0 Å². The van der Waals surface area contributed by atoms with Crippen molar-refractivity contribution in [2.45, 2.75) is 18.9 Å². The van der Waals surface area contributed by atoms with Crippen molar-refractivity contribution >= 4 is 49.5 Å². The molecule has 1 fully saturated rings. The second-order valence-corrected chi connectivity index (χ2v) is 5.99. The number of halogens is 2. The number of hydrogen-bond donors (Lipinski definition) is 2. The zero-order valence-corrected chi connectivity index (χ0v) is 13.1. The van der Waals surface area contributed by atoms with Crippen LogP contribution in [0.1, 0.15) is 12.8 Å². The summed E-state index contributed by atoms with van der Waals surface area (Å²) < 4.78 is 1.47. The number of nitrogens with zero attached hydrogens (tertiary/aromatic N) is 1. The Bertz CT molecular complexity index is 497. The molecule has 0 radical (unpaired) electrons. The number of carbonyl (C=O) groups excluding carboxylic acids is 1. The lowest BCUT2D eigenvalue weighted by atomic mass is 10.3. The quantitative estimate of drug-likeness (QED) is 0.827. The lowest BCUT2D eigenvalue weighted by Gasteiger charge is -2.21. The van der Waals surface area contributed by atoms with Crippen LogP contribution in [-0.2, 0) is 4.79 Å². The molecule has 102 valence electrons. The molecule has 1 aliphatic carbocycles. The third kappa shape index (κ3) is 3.70. The highest BCUT2D eigenvalue weighted by molar-refractivity contribution is 9.11. The number of rotatable bonds is 4. The molecule has 0 aliphatic heterocycles. The van der Waals surface area contributed by atoms with E-state index in [2.05, 4.69) is 37.2 Å². The maximum absolute atomic E-state index is 12.1. The molecule has 2 N–H and O–H groups in total. The summed E-state index contributed by atoms with van der Waals surface area (Å²) in [6.07, 6.45) is 1.72. The van der Waals surface area contributed by atoms with Gasteiger partial charge in [0.2, 0.25) is 0 Å². The highest BCUT2D eigenvalue weighted by Crippen LogP contribution is 2.32. The number of carboxylic acids is 1. The lowest BCUT2D eigenvalue weighted by Crippen LogP contribution is -2.40. The third-order valence-corrected chi connectivity index (χ3v) is 4.07. The number of urea groups is 1. The van der Waals surface area contributed by atoms with Gasteiger partial charge in [-0.05, 0) is 56.8 Å². The molecule has 1 aromatic rings. The predicted octanol–water partition coefficient (Wildman–Crippen LogP) is 3.29. The number of aliphatic carboxylic acids is 1. The molecule has 7 heteroatoms. The van der Waals surface area contributed by atoms with Gasteiger partial charge in [0.15, 0.2) is 0 Å². The molecule has 5 nitrogen and oxygen atoms in total. The molecular formula is C12H12Br2N2O3. The average Bonchev–Trinajstić information content (AvgIpc) is 3.14. The van der Waals surface area contributed by atoms with Gasteiger partial charge in [-0.2, -0.15) is 0 Å². The molecule has 0 spiro atoms. The molecule has 0 aromatic heterocycles. The Labute approximate surface area is 127 Å². The standard InChI is InChI=1S/C12H12Br2N2O3/c13-8-2-1-3-9(14)11(8)15-12(19)16(6-10(17)18)7-4-5-7/h1-3,7H,4-6H2,(H,15,19)(H,17,18). The van der Waals surface area contributed by atoms with E-state index >= 15 is 0 Å². The molecule has 0 bridgehead atoms. The first-order chi connectivity index (χ1) is 8.99. The summed E-state index contributed by atoms with van der Waals surface area (Å²) in [4.78, 5) is 24.3. The van der Waals surface area contributed by atoms with E-state index in [1.807, 2.05) is 6.07 Å². The van der Waals surface area contributed by atoms with Crippen LogP contribution in [0.5, 0.6) is 0 Å². The summed E-state index contributed by atoms with van der Waals surface area (Å²) >= 11 is 6.70. The maximum atomic E-state index is 12.1. The highest BCUT2D eigenvalue weighted by Gasteiger charge is 2.34. The normalized spacial score (nSPS) is 14.0. The van der Waals surface area contributed by atoms with Gasteiger partial charge in [0.05, 0.1) is 5.69 Å². The Morgan fingerprint density at radius 2 is 1.89 bits per heavy atom. The van der Waals surface area contributed by atoms with Crippen LogP contribution in [-0.4, -0.2) is 34.6 Å². The summed E-state index contributed by atoms with van der Waals surface area (Å²) in [5, 5.41) is 11.6. The Morgan fingerprint density at radius 3 is 2.37 bits per heavy atom. The van der Waals surface area contributed by atoms with Crippen molar-refractivity contribution in [3.8, 4) is 0 Å². The van der Waals surface area contributed by atoms with Gasteiger partial charge in [0.1, 0.15) is 6.54 Å². The summed E-state index contributed by atoms with van der Waals surface area (Å²) in [5.41, 5.74) is 0.600. The zero-order valence-electron chi connectivity index (χ0n) is 9.90. The van der Waals surface area contributed by atoms with Gasteiger partial charge in [0, 0.05) is 15.0 Å². The Kier molecular flexibility index (Phi) is 4.46. The van der Waals surface area contributed by atoms with Crippen molar-refractivity contribution in [3.63, 3.8) is 0 Å². The van der Waals surface area contributed by atoms with Crippen molar-refractivity contribution in [2.24, 2.45) is 0 Å². The smallest absolute Gasteiger partial charge is 0.323 e. The number of hydrogen-bond acceptors (Lipinski definition) is 2. The number of carboxylic acid groups (broad SMARTS) is 1. The van der Waals surface area contributed by atoms with Crippen molar-refractivity contribution < 1.29 is 14.7 Å². The Balaban J connectivity index is 2.12. The number of carbonyl (C=O) groups is 2. The molecule has 1 saturated carbocycles. The van der Waals surface area contributed by atoms with Gasteiger partial charge in [-0.15, -0.1) is 0 Å². The number of nitrogens with one attached hydrogen (secondary N) is 1. The summed E-state index contributed by atoms with van der Waals surface area (Å²) in [7, 11) is 0. The first-order valence-corrected chi connectivity index (χ1v) is 7.31. The Hall–Kier alpha value is -1.08. The van der Waals surface area contributed by atoms with Crippen LogP contribution < -0.4 is 5.32 Å². The summed E-state index contributed by atoms with van der Waals surface area (Å²) in [6.45, 7) is -0.279. The number of anilines is 1. The predicted molar refractivity (Wildman–Crippen MR) is 78.2 cm³/mol. The molecule has 0 saturated heterocycles. The van der Waals surface area contributed by atoms with Gasteiger partial charge in [-0.25, -0.2) is 4.79 Å². The third-order valence-electron chi connectivity index (χ3n) is 2.75. The van der Waals surface area contributed by atoms with Crippen molar-refractivity contribution in [1.29, 1.82) is 0 Å². The number of benzene rings is 1. The fourth-order valence-corrected chi connectivity index (χ4v) is 2.89. The second-order valence-electron chi connectivity index (χ2n) is 4.28. The van der Waals surface area contributed by atoms with Gasteiger partial charge in [-0.3, -0.25) is 4.79 Å². The van der Waals surface area contributed by atoms with Crippen molar-refractivity contribution in [1.82, 2.24) is 4.90 Å². The van der Waals surface area contributed by atoms with E-state index in [4.69, 9.17) is 5.11 Å². The van der Waals surface area contributed by atoms with Crippen LogP contribution in [0, 0.1) is 0 Å². The van der Waals surface area contributed by atoms with Crippen LogP contribution in [0.2, 0.25) is 0 Å². The maximum Gasteiger partial charge on any atom is 0.323 e. The highest BCUT2D eigenvalue weighted by atomic mass is 79.9. The van der Waals surface area contributed by atoms with Crippen molar-refractivity contribution in [2.75, 3.05) is 11.9 Å². The first-order valence-electron chi connectivity index (χ1n) is 5.72. The summed E-state index contributed by atoms with van der Waals surface area (Å²) in [6, 6.07) is 5.09. The van der Waals surface area contributed by atoms with E-state index in [-0.39, 0.29) is 12.6 Å². The largest absolute Gasteiger partial charge is 0.480 e. The molecule has 19 heavy (non-hydrogen) atoms. The second kappa shape index (κ2) is 5.92. The number of amides is 2. The molecule has 1 aliphatic rings. The lowest BCUT2D eigenvalue weighted by molar-refractivity contribution is -0.137. The van der Waals surface area contributed by atoms with Crippen LogP contribution >= 0.6 is 31.9 Å². The minimum atomic E-state index is -1.01. The zero-order chi connectivity index (χ0) is 14.0. The van der Waals surface area contributed by atoms with E-state index in [1.54, 1.807) is 12.1 Å². The van der Waals surface area contributed by atoms with Gasteiger partial charge >= 0.3 is 12.0 Å². The topological polar surface area (TPSA) is 69.6 Å². The summed E-state index contributed by atoms with van der Waals surface area (Å²) in [5.74, 6) is -1.01. The van der Waals surface area contributed by atoms with Crippen LogP contribution in [0.25, 0.3) is 0 Å². The molecular weight excluding hydrogens is 380 g/mol. The molecule has 0 heterocycles. The minimum Gasteiger partial charge on any atom is -0.480 e. The molecule has 2 amide bonds. The van der Waals surface area contributed by atoms with Gasteiger partial charge in [0.25, 0.3) is 0 Å². The Morgan fingerprint density at radius 1 is 1.32 bits per heavy atom. The van der Waals surface area contributed by atoms with E-state index in [0.29, 0.717) is 5.69 Å². The van der Waals surface area contributed by atoms with Crippen LogP contribution in [0.4, 0.5) is 10.5 Å². The average molecular weight is 392 g/mol. The molecule has 0 unspecified atom stereocenters.